The highest BCUT2D eigenvalue weighted by Gasteiger charge is 2.23. The van der Waals surface area contributed by atoms with Gasteiger partial charge in [-0.25, -0.2) is 4.99 Å². The summed E-state index contributed by atoms with van der Waals surface area (Å²) in [5, 5.41) is 0. The highest BCUT2D eigenvalue weighted by atomic mass is 15.2. The standard InChI is InChI=1S/C10H17N3/c1-8(11)4-6-12-10(3)13-7-5-9(13)2/h4,6,9H,1,5,7,11H2,2-3H3/b6-4-,12-10?. The van der Waals surface area contributed by atoms with Gasteiger partial charge in [-0.15, -0.1) is 0 Å². The normalized spacial score (nSPS) is 23.4. The Hall–Kier alpha value is -1.25. The fraction of sp³-hybridized carbons (Fsp3) is 0.500. The van der Waals surface area contributed by atoms with Gasteiger partial charge in [-0.1, -0.05) is 6.58 Å². The number of amidine groups is 1. The molecular weight excluding hydrogens is 162 g/mol. The van der Waals surface area contributed by atoms with Crippen molar-refractivity contribution in [1.82, 2.24) is 4.90 Å². The molecule has 0 aromatic carbocycles. The molecule has 0 aromatic rings. The number of aliphatic imine (C=N–C) groups is 1. The Morgan fingerprint density at radius 3 is 2.77 bits per heavy atom. The number of rotatable bonds is 2. The van der Waals surface area contributed by atoms with Crippen LogP contribution in [0.5, 0.6) is 0 Å². The first-order valence-electron chi connectivity index (χ1n) is 4.53. The largest absolute Gasteiger partial charge is 0.399 e. The minimum Gasteiger partial charge on any atom is -0.399 e. The van der Waals surface area contributed by atoms with Gasteiger partial charge in [-0.3, -0.25) is 0 Å². The average Bonchev–Trinajstić information content (AvgIpc) is 2.01. The molecule has 0 saturated carbocycles. The molecule has 0 spiro atoms. The Labute approximate surface area is 79.6 Å². The third-order valence-corrected chi connectivity index (χ3v) is 2.29. The lowest BCUT2D eigenvalue weighted by molar-refractivity contribution is 0.202. The van der Waals surface area contributed by atoms with Crippen molar-refractivity contribution in [3.63, 3.8) is 0 Å². The molecule has 0 radical (unpaired) electrons. The van der Waals surface area contributed by atoms with Gasteiger partial charge < -0.3 is 10.6 Å². The lowest BCUT2D eigenvalue weighted by Gasteiger charge is -2.40. The molecule has 0 aromatic heterocycles. The van der Waals surface area contributed by atoms with Gasteiger partial charge in [-0.05, 0) is 26.3 Å². The lowest BCUT2D eigenvalue weighted by atomic mass is 10.1. The van der Waals surface area contributed by atoms with E-state index in [4.69, 9.17) is 5.73 Å². The second-order valence-corrected chi connectivity index (χ2v) is 3.40. The van der Waals surface area contributed by atoms with Gasteiger partial charge in [0.1, 0.15) is 5.84 Å². The number of nitrogens with zero attached hydrogens (tertiary/aromatic N) is 2. The Morgan fingerprint density at radius 2 is 2.38 bits per heavy atom. The van der Waals surface area contributed by atoms with E-state index in [0.717, 1.165) is 12.4 Å². The van der Waals surface area contributed by atoms with Crippen molar-refractivity contribution in [2.45, 2.75) is 26.3 Å². The second kappa shape index (κ2) is 4.12. The molecule has 2 N–H and O–H groups in total. The molecule has 1 saturated heterocycles. The van der Waals surface area contributed by atoms with Gasteiger partial charge in [0.25, 0.3) is 0 Å². The molecule has 1 atom stereocenters. The molecule has 3 nitrogen and oxygen atoms in total. The summed E-state index contributed by atoms with van der Waals surface area (Å²) in [6.07, 6.45) is 4.66. The number of hydrogen-bond acceptors (Lipinski definition) is 2. The van der Waals surface area contributed by atoms with Crippen molar-refractivity contribution in [3.05, 3.63) is 24.6 Å². The predicted molar refractivity (Wildman–Crippen MR) is 56.4 cm³/mol. The van der Waals surface area contributed by atoms with E-state index in [-0.39, 0.29) is 0 Å². The molecule has 1 unspecified atom stereocenters. The summed E-state index contributed by atoms with van der Waals surface area (Å²) in [5.74, 6) is 1.05. The highest BCUT2D eigenvalue weighted by molar-refractivity contribution is 5.81. The predicted octanol–water partition coefficient (Wildman–Crippen LogP) is 1.49. The van der Waals surface area contributed by atoms with Crippen molar-refractivity contribution in [2.24, 2.45) is 10.7 Å². The summed E-state index contributed by atoms with van der Waals surface area (Å²) >= 11 is 0. The fourth-order valence-electron chi connectivity index (χ4n) is 1.31. The molecule has 0 amide bonds. The molecular formula is C10H17N3. The van der Waals surface area contributed by atoms with Gasteiger partial charge >= 0.3 is 0 Å². The Kier molecular flexibility index (Phi) is 3.12. The van der Waals surface area contributed by atoms with Crippen LogP contribution < -0.4 is 5.73 Å². The fourth-order valence-corrected chi connectivity index (χ4v) is 1.31. The first kappa shape index (κ1) is 9.84. The van der Waals surface area contributed by atoms with Crippen LogP contribution in [0.2, 0.25) is 0 Å². The third-order valence-electron chi connectivity index (χ3n) is 2.29. The minimum atomic E-state index is 0.535. The molecule has 0 aliphatic carbocycles. The minimum absolute atomic E-state index is 0.535. The van der Waals surface area contributed by atoms with E-state index in [1.165, 1.54) is 6.42 Å². The van der Waals surface area contributed by atoms with Gasteiger partial charge in [0.15, 0.2) is 0 Å². The van der Waals surface area contributed by atoms with E-state index in [9.17, 15) is 0 Å². The number of nitrogens with two attached hydrogens (primary N) is 1. The van der Waals surface area contributed by atoms with Crippen molar-refractivity contribution in [1.29, 1.82) is 0 Å². The van der Waals surface area contributed by atoms with Crippen LogP contribution in [-0.4, -0.2) is 23.3 Å². The highest BCUT2D eigenvalue weighted by Crippen LogP contribution is 2.16. The van der Waals surface area contributed by atoms with Crippen molar-refractivity contribution >= 4 is 5.84 Å². The lowest BCUT2D eigenvalue weighted by Crippen LogP contribution is -2.48. The third kappa shape index (κ3) is 2.61. The second-order valence-electron chi connectivity index (χ2n) is 3.40. The van der Waals surface area contributed by atoms with E-state index in [2.05, 4.69) is 23.4 Å². The monoisotopic (exact) mass is 179 g/mol. The SMILES string of the molecule is C=C(N)/C=C\N=C(C)N1CCC1C. The van der Waals surface area contributed by atoms with Crippen LogP contribution >= 0.6 is 0 Å². The van der Waals surface area contributed by atoms with E-state index in [1.807, 2.05) is 6.92 Å². The summed E-state index contributed by atoms with van der Waals surface area (Å²) in [6.45, 7) is 8.89. The first-order valence-corrected chi connectivity index (χ1v) is 4.53. The molecule has 1 rings (SSSR count). The maximum Gasteiger partial charge on any atom is 0.101 e. The van der Waals surface area contributed by atoms with Crippen LogP contribution in [0.15, 0.2) is 29.5 Å². The van der Waals surface area contributed by atoms with Crippen molar-refractivity contribution in [2.75, 3.05) is 6.54 Å². The zero-order valence-electron chi connectivity index (χ0n) is 8.33. The number of likely N-dealkylation sites (tertiary alicyclic amines) is 1. The molecule has 0 bridgehead atoms. The molecule has 1 aliphatic rings. The molecule has 3 heteroatoms. The molecule has 1 fully saturated rings. The average molecular weight is 179 g/mol. The van der Waals surface area contributed by atoms with Gasteiger partial charge in [0.05, 0.1) is 0 Å². The summed E-state index contributed by atoms with van der Waals surface area (Å²) in [4.78, 5) is 6.53. The quantitative estimate of drug-likeness (QED) is 0.396. The van der Waals surface area contributed by atoms with Crippen LogP contribution in [0.1, 0.15) is 20.3 Å². The maximum absolute atomic E-state index is 5.36. The van der Waals surface area contributed by atoms with E-state index in [1.54, 1.807) is 12.3 Å². The summed E-state index contributed by atoms with van der Waals surface area (Å²) < 4.78 is 0. The van der Waals surface area contributed by atoms with E-state index < -0.39 is 0 Å². The van der Waals surface area contributed by atoms with Crippen molar-refractivity contribution in [3.8, 4) is 0 Å². The zero-order chi connectivity index (χ0) is 9.84. The Morgan fingerprint density at radius 1 is 1.69 bits per heavy atom. The smallest absolute Gasteiger partial charge is 0.101 e. The van der Waals surface area contributed by atoms with E-state index in [0.29, 0.717) is 11.7 Å². The van der Waals surface area contributed by atoms with Gasteiger partial charge in [0.2, 0.25) is 0 Å². The molecule has 13 heavy (non-hydrogen) atoms. The summed E-state index contributed by atoms with van der Waals surface area (Å²) in [5.41, 5.74) is 5.90. The van der Waals surface area contributed by atoms with Crippen molar-refractivity contribution < 1.29 is 0 Å². The Bertz CT molecular complexity index is 253. The number of allylic oxidation sites excluding steroid dienone is 1. The summed E-state index contributed by atoms with van der Waals surface area (Å²) in [7, 11) is 0. The van der Waals surface area contributed by atoms with Crippen LogP contribution in [0.25, 0.3) is 0 Å². The zero-order valence-corrected chi connectivity index (χ0v) is 8.33. The van der Waals surface area contributed by atoms with Crippen LogP contribution in [-0.2, 0) is 0 Å². The summed E-state index contributed by atoms with van der Waals surface area (Å²) in [6, 6.07) is 0.637. The molecule has 1 heterocycles. The maximum atomic E-state index is 5.36. The topological polar surface area (TPSA) is 41.6 Å². The van der Waals surface area contributed by atoms with Gasteiger partial charge in [0, 0.05) is 24.5 Å². The van der Waals surface area contributed by atoms with E-state index >= 15 is 0 Å². The van der Waals surface area contributed by atoms with Crippen LogP contribution in [0.4, 0.5) is 0 Å². The molecule has 1 aliphatic heterocycles. The van der Waals surface area contributed by atoms with Crippen LogP contribution in [0, 0.1) is 0 Å². The van der Waals surface area contributed by atoms with Gasteiger partial charge in [-0.2, -0.15) is 0 Å². The number of hydrogen-bond donors (Lipinski definition) is 1. The first-order chi connectivity index (χ1) is 6.11. The Balaban J connectivity index is 2.46. The molecule has 72 valence electrons. The van der Waals surface area contributed by atoms with Crippen LogP contribution in [0.3, 0.4) is 0 Å².